The molecule has 128 valence electrons. The second kappa shape index (κ2) is 6.51. The molecule has 25 heavy (non-hydrogen) atoms. The van der Waals surface area contributed by atoms with Crippen LogP contribution in [0.5, 0.6) is 0 Å². The number of aliphatic hydroxyl groups is 1. The molecule has 3 heterocycles. The second-order valence-corrected chi connectivity index (χ2v) is 6.13. The van der Waals surface area contributed by atoms with E-state index in [2.05, 4.69) is 26.8 Å². The number of hydrogen-bond donors (Lipinski definition) is 2. The molecule has 0 radical (unpaired) electrons. The van der Waals surface area contributed by atoms with Crippen LogP contribution in [0.2, 0.25) is 0 Å². The lowest BCUT2D eigenvalue weighted by atomic mass is 10.1. The van der Waals surface area contributed by atoms with E-state index in [-0.39, 0.29) is 5.95 Å². The first-order chi connectivity index (χ1) is 11.9. The second-order valence-electron chi connectivity index (χ2n) is 6.13. The lowest BCUT2D eigenvalue weighted by Gasteiger charge is -2.06. The summed E-state index contributed by atoms with van der Waals surface area (Å²) >= 11 is 0. The summed E-state index contributed by atoms with van der Waals surface area (Å²) in [5, 5.41) is 10.7. The first kappa shape index (κ1) is 16.9. The Balaban J connectivity index is 2.19. The fourth-order valence-electron chi connectivity index (χ4n) is 2.43. The van der Waals surface area contributed by atoms with Crippen molar-refractivity contribution in [1.82, 2.24) is 19.5 Å². The Hall–Kier alpha value is -2.95. The van der Waals surface area contributed by atoms with E-state index in [9.17, 15) is 5.11 Å². The van der Waals surface area contributed by atoms with Gasteiger partial charge >= 0.3 is 0 Å². The molecule has 7 nitrogen and oxygen atoms in total. The van der Waals surface area contributed by atoms with Crippen molar-refractivity contribution in [2.45, 2.75) is 26.1 Å². The number of rotatable bonds is 3. The molecule has 0 saturated heterocycles. The Morgan fingerprint density at radius 2 is 2.16 bits per heavy atom. The third-order valence-electron chi connectivity index (χ3n) is 3.48. The smallest absolute Gasteiger partial charge is 0.221 e. The summed E-state index contributed by atoms with van der Waals surface area (Å²) in [4.78, 5) is 12.6. The van der Waals surface area contributed by atoms with Crippen molar-refractivity contribution in [3.05, 3.63) is 42.0 Å². The van der Waals surface area contributed by atoms with E-state index in [1.165, 1.54) is 0 Å². The molecule has 3 N–H and O–H groups in total. The first-order valence-electron chi connectivity index (χ1n) is 7.71. The monoisotopic (exact) mass is 337 g/mol. The van der Waals surface area contributed by atoms with Gasteiger partial charge in [0.25, 0.3) is 0 Å². The molecule has 0 spiro atoms. The minimum absolute atomic E-state index is 0.198. The number of anilines is 1. The van der Waals surface area contributed by atoms with Gasteiger partial charge < -0.3 is 20.1 Å². The summed E-state index contributed by atoms with van der Waals surface area (Å²) in [5.41, 5.74) is 7.03. The van der Waals surface area contributed by atoms with Gasteiger partial charge in [-0.1, -0.05) is 5.92 Å². The zero-order valence-corrected chi connectivity index (χ0v) is 14.3. The number of aromatic nitrogens is 4. The molecule has 0 atom stereocenters. The third-order valence-corrected chi connectivity index (χ3v) is 3.48. The summed E-state index contributed by atoms with van der Waals surface area (Å²) in [6.07, 6.45) is 5.29. The molecule has 3 aromatic heterocycles. The van der Waals surface area contributed by atoms with Gasteiger partial charge in [0.1, 0.15) is 17.1 Å². The van der Waals surface area contributed by atoms with Crippen molar-refractivity contribution < 1.29 is 9.84 Å². The summed E-state index contributed by atoms with van der Waals surface area (Å²) < 4.78 is 7.17. The van der Waals surface area contributed by atoms with Crippen LogP contribution in [0.4, 0.5) is 5.95 Å². The van der Waals surface area contributed by atoms with E-state index in [4.69, 9.17) is 10.5 Å². The van der Waals surface area contributed by atoms with E-state index in [1.54, 1.807) is 39.4 Å². The van der Waals surface area contributed by atoms with Gasteiger partial charge in [-0.25, -0.2) is 9.97 Å². The average Bonchev–Trinajstić information content (AvgIpc) is 2.91. The zero-order chi connectivity index (χ0) is 18.0. The van der Waals surface area contributed by atoms with Gasteiger partial charge in [-0.05, 0) is 31.9 Å². The summed E-state index contributed by atoms with van der Waals surface area (Å²) in [5.74, 6) is 6.51. The summed E-state index contributed by atoms with van der Waals surface area (Å²) in [6, 6.07) is 3.63. The number of nitrogens with zero attached hydrogens (tertiary/aromatic N) is 4. The van der Waals surface area contributed by atoms with Gasteiger partial charge in [0.15, 0.2) is 0 Å². The van der Waals surface area contributed by atoms with Crippen LogP contribution in [-0.4, -0.2) is 37.3 Å². The maximum Gasteiger partial charge on any atom is 0.221 e. The number of nitrogen functional groups attached to an aromatic ring is 1. The molecule has 0 amide bonds. The number of methoxy groups -OCH3 is 1. The molecule has 3 aromatic rings. The van der Waals surface area contributed by atoms with Crippen molar-refractivity contribution in [1.29, 1.82) is 0 Å². The van der Waals surface area contributed by atoms with Crippen molar-refractivity contribution in [3.63, 3.8) is 0 Å². The van der Waals surface area contributed by atoms with Crippen LogP contribution in [0, 0.1) is 11.8 Å². The quantitative estimate of drug-likeness (QED) is 0.705. The standard InChI is InChI=1S/C18H19N5O2/c1-18(2,24)6-4-13-8-15-14(9-21-13)12(11-25-3)10-23(15)16-5-7-20-17(19)22-16/h5,7-10,24H,11H2,1-3H3,(H2,19,20,22). The summed E-state index contributed by atoms with van der Waals surface area (Å²) in [6.45, 7) is 3.70. The van der Waals surface area contributed by atoms with Gasteiger partial charge in [-0.15, -0.1) is 0 Å². The minimum Gasteiger partial charge on any atom is -0.380 e. The Morgan fingerprint density at radius 1 is 1.36 bits per heavy atom. The van der Waals surface area contributed by atoms with E-state index in [0.717, 1.165) is 16.5 Å². The first-order valence-corrected chi connectivity index (χ1v) is 7.71. The van der Waals surface area contributed by atoms with Crippen molar-refractivity contribution in [3.8, 4) is 17.7 Å². The molecular weight excluding hydrogens is 318 g/mol. The number of fused-ring (bicyclic) bond motifs is 1. The Labute approximate surface area is 145 Å². The summed E-state index contributed by atoms with van der Waals surface area (Å²) in [7, 11) is 1.64. The van der Waals surface area contributed by atoms with Crippen LogP contribution in [0.1, 0.15) is 25.1 Å². The lowest BCUT2D eigenvalue weighted by Crippen LogP contribution is -2.14. The van der Waals surface area contributed by atoms with Crippen LogP contribution in [0.3, 0.4) is 0 Å². The van der Waals surface area contributed by atoms with Crippen molar-refractivity contribution in [2.75, 3.05) is 12.8 Å². The normalized spacial score (nSPS) is 11.4. The maximum absolute atomic E-state index is 9.78. The molecule has 0 aliphatic carbocycles. The highest BCUT2D eigenvalue weighted by atomic mass is 16.5. The predicted octanol–water partition coefficient (Wildman–Crippen LogP) is 1.67. The van der Waals surface area contributed by atoms with Gasteiger partial charge in [0.2, 0.25) is 5.95 Å². The predicted molar refractivity (Wildman–Crippen MR) is 95.0 cm³/mol. The molecule has 3 rings (SSSR count). The third kappa shape index (κ3) is 3.76. The molecule has 0 aliphatic heterocycles. The highest BCUT2D eigenvalue weighted by molar-refractivity contribution is 5.85. The van der Waals surface area contributed by atoms with E-state index in [1.807, 2.05) is 16.8 Å². The SMILES string of the molecule is COCc1cn(-c2ccnc(N)n2)c2cc(C#CC(C)(C)O)ncc12. The molecule has 0 saturated carbocycles. The molecule has 7 heteroatoms. The maximum atomic E-state index is 9.78. The highest BCUT2D eigenvalue weighted by Gasteiger charge is 2.13. The Bertz CT molecular complexity index is 977. The van der Waals surface area contributed by atoms with E-state index >= 15 is 0 Å². The van der Waals surface area contributed by atoms with E-state index in [0.29, 0.717) is 18.1 Å². The number of pyridine rings is 1. The molecular formula is C18H19N5O2. The van der Waals surface area contributed by atoms with Crippen LogP contribution in [0.25, 0.3) is 16.7 Å². The van der Waals surface area contributed by atoms with Gasteiger partial charge in [-0.2, -0.15) is 4.98 Å². The lowest BCUT2D eigenvalue weighted by molar-refractivity contribution is 0.143. The van der Waals surface area contributed by atoms with E-state index < -0.39 is 5.60 Å². The number of ether oxygens (including phenoxy) is 1. The van der Waals surface area contributed by atoms with Crippen LogP contribution in [-0.2, 0) is 11.3 Å². The van der Waals surface area contributed by atoms with Crippen LogP contribution >= 0.6 is 0 Å². The Kier molecular flexibility index (Phi) is 4.40. The number of hydrogen-bond acceptors (Lipinski definition) is 6. The number of nitrogens with two attached hydrogens (primary N) is 1. The highest BCUT2D eigenvalue weighted by Crippen LogP contribution is 2.25. The zero-order valence-electron chi connectivity index (χ0n) is 14.3. The fraction of sp³-hybridized carbons (Fsp3) is 0.278. The van der Waals surface area contributed by atoms with Gasteiger partial charge in [0, 0.05) is 36.7 Å². The van der Waals surface area contributed by atoms with Crippen LogP contribution < -0.4 is 5.73 Å². The molecule has 0 aliphatic rings. The molecule has 0 bridgehead atoms. The van der Waals surface area contributed by atoms with Crippen molar-refractivity contribution >= 4 is 16.9 Å². The van der Waals surface area contributed by atoms with Gasteiger partial charge in [0.05, 0.1) is 12.1 Å². The molecule has 0 unspecified atom stereocenters. The Morgan fingerprint density at radius 3 is 2.84 bits per heavy atom. The van der Waals surface area contributed by atoms with Gasteiger partial charge in [-0.3, -0.25) is 0 Å². The van der Waals surface area contributed by atoms with Crippen LogP contribution in [0.15, 0.2) is 30.7 Å². The fourth-order valence-corrected chi connectivity index (χ4v) is 2.43. The molecule has 0 aromatic carbocycles. The minimum atomic E-state index is -1.08. The topological polar surface area (TPSA) is 99.1 Å². The van der Waals surface area contributed by atoms with Crippen molar-refractivity contribution in [2.24, 2.45) is 0 Å². The average molecular weight is 337 g/mol. The molecule has 0 fully saturated rings. The largest absolute Gasteiger partial charge is 0.380 e.